The zero-order valence-electron chi connectivity index (χ0n) is 11.2. The average molecular weight is 276 g/mol. The SMILES string of the molecule is CCNCc1ccc(-c2ccccc2OC)cc1Cl. The third-order valence-electron chi connectivity index (χ3n) is 3.04. The summed E-state index contributed by atoms with van der Waals surface area (Å²) in [5, 5.41) is 4.06. The molecule has 100 valence electrons. The Morgan fingerprint density at radius 2 is 1.95 bits per heavy atom. The summed E-state index contributed by atoms with van der Waals surface area (Å²) in [5.74, 6) is 0.859. The molecule has 0 saturated carbocycles. The van der Waals surface area contributed by atoms with Gasteiger partial charge in [0.15, 0.2) is 0 Å². The van der Waals surface area contributed by atoms with Gasteiger partial charge in [0, 0.05) is 17.1 Å². The minimum absolute atomic E-state index is 0.782. The second kappa shape index (κ2) is 6.60. The number of hydrogen-bond acceptors (Lipinski definition) is 2. The van der Waals surface area contributed by atoms with Crippen molar-refractivity contribution in [3.63, 3.8) is 0 Å². The third kappa shape index (κ3) is 3.28. The Labute approximate surface area is 119 Å². The van der Waals surface area contributed by atoms with Crippen LogP contribution in [0.4, 0.5) is 0 Å². The molecule has 0 radical (unpaired) electrons. The van der Waals surface area contributed by atoms with Gasteiger partial charge in [0.2, 0.25) is 0 Å². The van der Waals surface area contributed by atoms with Gasteiger partial charge < -0.3 is 10.1 Å². The summed E-state index contributed by atoms with van der Waals surface area (Å²) in [7, 11) is 1.68. The van der Waals surface area contributed by atoms with Crippen molar-refractivity contribution in [1.82, 2.24) is 5.32 Å². The van der Waals surface area contributed by atoms with Crippen molar-refractivity contribution < 1.29 is 4.74 Å². The molecule has 0 atom stereocenters. The van der Waals surface area contributed by atoms with Gasteiger partial charge in [-0.2, -0.15) is 0 Å². The number of halogens is 1. The van der Waals surface area contributed by atoms with E-state index < -0.39 is 0 Å². The molecule has 0 aromatic heterocycles. The summed E-state index contributed by atoms with van der Waals surface area (Å²) in [6.07, 6.45) is 0. The van der Waals surface area contributed by atoms with Crippen molar-refractivity contribution in [2.75, 3.05) is 13.7 Å². The van der Waals surface area contributed by atoms with E-state index in [0.29, 0.717) is 0 Å². The van der Waals surface area contributed by atoms with Gasteiger partial charge in [-0.25, -0.2) is 0 Å². The van der Waals surface area contributed by atoms with Crippen LogP contribution >= 0.6 is 11.6 Å². The minimum Gasteiger partial charge on any atom is -0.496 e. The standard InChI is InChI=1S/C16H18ClNO/c1-3-18-11-13-9-8-12(10-15(13)17)14-6-4-5-7-16(14)19-2/h4-10,18H,3,11H2,1-2H3. The fourth-order valence-corrected chi connectivity index (χ4v) is 2.25. The van der Waals surface area contributed by atoms with E-state index in [1.54, 1.807) is 7.11 Å². The maximum absolute atomic E-state index is 6.33. The highest BCUT2D eigenvalue weighted by atomic mass is 35.5. The predicted octanol–water partition coefficient (Wildman–Crippen LogP) is 4.13. The Hall–Kier alpha value is -1.51. The van der Waals surface area contributed by atoms with Crippen LogP contribution in [0.25, 0.3) is 11.1 Å². The first-order valence-corrected chi connectivity index (χ1v) is 6.76. The predicted molar refractivity (Wildman–Crippen MR) is 80.8 cm³/mol. The molecular formula is C16H18ClNO. The smallest absolute Gasteiger partial charge is 0.126 e. The lowest BCUT2D eigenvalue weighted by atomic mass is 10.0. The van der Waals surface area contributed by atoms with E-state index in [9.17, 15) is 0 Å². The molecule has 2 aromatic carbocycles. The van der Waals surface area contributed by atoms with E-state index >= 15 is 0 Å². The van der Waals surface area contributed by atoms with Crippen molar-refractivity contribution in [2.24, 2.45) is 0 Å². The fraction of sp³-hybridized carbons (Fsp3) is 0.250. The van der Waals surface area contributed by atoms with Gasteiger partial charge in [-0.1, -0.05) is 48.9 Å². The van der Waals surface area contributed by atoms with E-state index in [1.165, 1.54) is 0 Å². The summed E-state index contributed by atoms with van der Waals surface area (Å²) < 4.78 is 5.38. The van der Waals surface area contributed by atoms with Gasteiger partial charge in [0.05, 0.1) is 7.11 Å². The van der Waals surface area contributed by atoms with Gasteiger partial charge in [0.25, 0.3) is 0 Å². The molecule has 2 aromatic rings. The lowest BCUT2D eigenvalue weighted by molar-refractivity contribution is 0.416. The van der Waals surface area contributed by atoms with Gasteiger partial charge in [0.1, 0.15) is 5.75 Å². The highest BCUT2D eigenvalue weighted by molar-refractivity contribution is 6.31. The van der Waals surface area contributed by atoms with Gasteiger partial charge >= 0.3 is 0 Å². The minimum atomic E-state index is 0.782. The number of hydrogen-bond donors (Lipinski definition) is 1. The maximum atomic E-state index is 6.33. The first-order valence-electron chi connectivity index (χ1n) is 6.38. The van der Waals surface area contributed by atoms with Crippen LogP contribution in [-0.4, -0.2) is 13.7 Å². The summed E-state index contributed by atoms with van der Waals surface area (Å²) in [6, 6.07) is 14.1. The Bertz CT molecular complexity index is 554. The van der Waals surface area contributed by atoms with Crippen LogP contribution in [-0.2, 0) is 6.54 Å². The molecule has 19 heavy (non-hydrogen) atoms. The molecule has 0 aliphatic rings. The lowest BCUT2D eigenvalue weighted by Gasteiger charge is -2.11. The molecule has 3 heteroatoms. The van der Waals surface area contributed by atoms with Crippen molar-refractivity contribution >= 4 is 11.6 Å². The number of benzene rings is 2. The third-order valence-corrected chi connectivity index (χ3v) is 3.39. The Kier molecular flexibility index (Phi) is 4.83. The van der Waals surface area contributed by atoms with Crippen LogP contribution in [0.15, 0.2) is 42.5 Å². The number of para-hydroxylation sites is 1. The second-order valence-electron chi connectivity index (χ2n) is 4.29. The molecule has 0 aliphatic carbocycles. The van der Waals surface area contributed by atoms with E-state index in [1.807, 2.05) is 30.3 Å². The molecule has 0 amide bonds. The molecule has 0 bridgehead atoms. The van der Waals surface area contributed by atoms with E-state index in [4.69, 9.17) is 16.3 Å². The quantitative estimate of drug-likeness (QED) is 0.886. The summed E-state index contributed by atoms with van der Waals surface area (Å²) in [5.41, 5.74) is 3.24. The monoisotopic (exact) mass is 275 g/mol. The summed E-state index contributed by atoms with van der Waals surface area (Å²) in [4.78, 5) is 0. The van der Waals surface area contributed by atoms with E-state index in [-0.39, 0.29) is 0 Å². The largest absolute Gasteiger partial charge is 0.496 e. The summed E-state index contributed by atoms with van der Waals surface area (Å²) in [6.45, 7) is 3.81. The van der Waals surface area contributed by atoms with Crippen LogP contribution in [0.1, 0.15) is 12.5 Å². The molecule has 0 heterocycles. The number of rotatable bonds is 5. The zero-order chi connectivity index (χ0) is 13.7. The molecule has 0 spiro atoms. The zero-order valence-corrected chi connectivity index (χ0v) is 12.0. The van der Waals surface area contributed by atoms with Crippen molar-refractivity contribution in [3.05, 3.63) is 53.1 Å². The highest BCUT2D eigenvalue weighted by Crippen LogP contribution is 2.32. The van der Waals surface area contributed by atoms with Gasteiger partial charge in [-0.3, -0.25) is 0 Å². The molecule has 1 N–H and O–H groups in total. The number of methoxy groups -OCH3 is 1. The molecular weight excluding hydrogens is 258 g/mol. The Balaban J connectivity index is 2.33. The fourth-order valence-electron chi connectivity index (χ4n) is 2.00. The van der Waals surface area contributed by atoms with Gasteiger partial charge in [-0.15, -0.1) is 0 Å². The number of nitrogens with one attached hydrogen (secondary N) is 1. The van der Waals surface area contributed by atoms with Crippen LogP contribution in [0.3, 0.4) is 0 Å². The second-order valence-corrected chi connectivity index (χ2v) is 4.69. The maximum Gasteiger partial charge on any atom is 0.126 e. The van der Waals surface area contributed by atoms with E-state index in [0.717, 1.165) is 40.6 Å². The van der Waals surface area contributed by atoms with E-state index in [2.05, 4.69) is 24.4 Å². The topological polar surface area (TPSA) is 21.3 Å². The van der Waals surface area contributed by atoms with Crippen LogP contribution < -0.4 is 10.1 Å². The van der Waals surface area contributed by atoms with Crippen LogP contribution in [0.5, 0.6) is 5.75 Å². The average Bonchev–Trinajstić information content (AvgIpc) is 2.46. The molecule has 0 fully saturated rings. The Morgan fingerprint density at radius 1 is 1.16 bits per heavy atom. The first-order chi connectivity index (χ1) is 9.26. The molecule has 0 unspecified atom stereocenters. The van der Waals surface area contributed by atoms with Gasteiger partial charge in [-0.05, 0) is 29.8 Å². The molecule has 0 aliphatic heterocycles. The van der Waals surface area contributed by atoms with Crippen molar-refractivity contribution in [1.29, 1.82) is 0 Å². The molecule has 0 saturated heterocycles. The van der Waals surface area contributed by atoms with Crippen molar-refractivity contribution in [2.45, 2.75) is 13.5 Å². The lowest BCUT2D eigenvalue weighted by Crippen LogP contribution is -2.11. The Morgan fingerprint density at radius 3 is 2.63 bits per heavy atom. The molecule has 2 rings (SSSR count). The summed E-state index contributed by atoms with van der Waals surface area (Å²) >= 11 is 6.33. The highest BCUT2D eigenvalue weighted by Gasteiger charge is 2.07. The van der Waals surface area contributed by atoms with Crippen LogP contribution in [0, 0.1) is 0 Å². The van der Waals surface area contributed by atoms with Crippen LogP contribution in [0.2, 0.25) is 5.02 Å². The van der Waals surface area contributed by atoms with Crippen molar-refractivity contribution in [3.8, 4) is 16.9 Å². The molecule has 2 nitrogen and oxygen atoms in total. The number of ether oxygens (including phenoxy) is 1. The normalized spacial score (nSPS) is 10.5. The first kappa shape index (κ1) is 13.9.